The second-order valence-electron chi connectivity index (χ2n) is 11.6. The predicted molar refractivity (Wildman–Crippen MR) is 153 cm³/mol. The average molecular weight is 571 g/mol. The number of phenolic OH excluding ortho intramolecular Hbond substituents is 1. The Hall–Kier alpha value is -3.59. The van der Waals surface area contributed by atoms with Crippen molar-refractivity contribution in [1.82, 2.24) is 0 Å². The summed E-state index contributed by atoms with van der Waals surface area (Å²) < 4.78 is 12.1. The van der Waals surface area contributed by atoms with Crippen LogP contribution in [0.4, 0.5) is 0 Å². The van der Waals surface area contributed by atoms with Crippen LogP contribution in [0, 0.1) is 46.3 Å². The molecule has 4 aliphatic rings. The summed E-state index contributed by atoms with van der Waals surface area (Å²) in [5.74, 6) is 1.25. The average Bonchev–Trinajstić information content (AvgIpc) is 2.95. The van der Waals surface area contributed by atoms with Crippen LogP contribution in [0.3, 0.4) is 0 Å². The zero-order valence-electron chi connectivity index (χ0n) is 23.2. The van der Waals surface area contributed by atoms with E-state index in [2.05, 4.69) is 13.8 Å². The number of phenols is 1. The summed E-state index contributed by atoms with van der Waals surface area (Å²) in [7, 11) is 1.60. The zero-order valence-corrected chi connectivity index (χ0v) is 23.9. The number of hydrogen-bond donors (Lipinski definition) is 1. The molecule has 2 aliphatic heterocycles. The summed E-state index contributed by atoms with van der Waals surface area (Å²) in [5.41, 5.74) is 1.41. The molecule has 1 spiro atoms. The number of methoxy groups -OCH3 is 1. The fourth-order valence-corrected chi connectivity index (χ4v) is 7.91. The van der Waals surface area contributed by atoms with Crippen LogP contribution in [-0.4, -0.2) is 17.8 Å². The van der Waals surface area contributed by atoms with Gasteiger partial charge in [0.15, 0.2) is 5.60 Å². The van der Waals surface area contributed by atoms with Crippen LogP contribution < -0.4 is 4.74 Å². The number of allylic oxidation sites excluding steroid dienone is 4. The summed E-state index contributed by atoms with van der Waals surface area (Å²) in [4.78, 5) is 11.9. The molecule has 6 rings (SSSR count). The van der Waals surface area contributed by atoms with E-state index in [1.54, 1.807) is 43.5 Å². The molecule has 2 aromatic carbocycles. The van der Waals surface area contributed by atoms with Crippen molar-refractivity contribution in [2.45, 2.75) is 50.9 Å². The van der Waals surface area contributed by atoms with Gasteiger partial charge in [-0.25, -0.2) is 4.89 Å². The number of ether oxygens (including phenoxy) is 2. The Morgan fingerprint density at radius 1 is 1.05 bits per heavy atom. The molecule has 0 aromatic heterocycles. The minimum atomic E-state index is -1.24. The monoisotopic (exact) mass is 570 g/mol. The van der Waals surface area contributed by atoms with Crippen molar-refractivity contribution in [2.24, 2.45) is 23.7 Å². The first-order valence-corrected chi connectivity index (χ1v) is 14.3. The summed E-state index contributed by atoms with van der Waals surface area (Å²) >= 11 is 6.85. The van der Waals surface area contributed by atoms with E-state index in [0.717, 1.165) is 19.3 Å². The SMILES string of the molecule is COC1(c2ccc(/C=C/C3=CC(=C(C#N)C#N)c4ccccc4O3)c(O)c2Cl)OOC12C(C)CC1CC(C)CC2C1. The van der Waals surface area contributed by atoms with Gasteiger partial charge in [-0.15, -0.1) is 0 Å². The molecule has 8 heteroatoms. The predicted octanol–water partition coefficient (Wildman–Crippen LogP) is 7.43. The molecule has 1 N–H and O–H groups in total. The second kappa shape index (κ2) is 10.4. The maximum Gasteiger partial charge on any atom is 0.262 e. The van der Waals surface area contributed by atoms with Crippen LogP contribution in [-0.2, 0) is 20.3 Å². The van der Waals surface area contributed by atoms with Gasteiger partial charge < -0.3 is 14.6 Å². The lowest BCUT2D eigenvalue weighted by Gasteiger charge is -2.65. The third-order valence-electron chi connectivity index (χ3n) is 9.28. The third kappa shape index (κ3) is 4.11. The summed E-state index contributed by atoms with van der Waals surface area (Å²) in [6.07, 6.45) is 9.31. The van der Waals surface area contributed by atoms with Crippen LogP contribution in [0.15, 0.2) is 59.9 Å². The number of para-hydroxylation sites is 1. The van der Waals surface area contributed by atoms with Crippen molar-refractivity contribution in [2.75, 3.05) is 7.11 Å². The Balaban J connectivity index is 1.35. The van der Waals surface area contributed by atoms with E-state index in [-0.39, 0.29) is 28.2 Å². The van der Waals surface area contributed by atoms with E-state index >= 15 is 0 Å². The lowest BCUT2D eigenvalue weighted by atomic mass is 9.54. The fraction of sp³-hybridized carbons (Fsp3) is 0.394. The van der Waals surface area contributed by atoms with E-state index in [4.69, 9.17) is 30.8 Å². The van der Waals surface area contributed by atoms with Crippen molar-refractivity contribution in [3.8, 4) is 23.6 Å². The van der Waals surface area contributed by atoms with Gasteiger partial charge in [-0.3, -0.25) is 0 Å². The van der Waals surface area contributed by atoms with Crippen molar-refractivity contribution < 1.29 is 24.4 Å². The first-order valence-electron chi connectivity index (χ1n) is 13.9. The topological polar surface area (TPSA) is 105 Å². The molecule has 2 bridgehead atoms. The highest BCUT2D eigenvalue weighted by Crippen LogP contribution is 2.65. The smallest absolute Gasteiger partial charge is 0.262 e. The van der Waals surface area contributed by atoms with E-state index in [1.165, 1.54) is 6.42 Å². The normalized spacial score (nSPS) is 31.9. The molecule has 6 unspecified atom stereocenters. The molecule has 3 fully saturated rings. The molecule has 2 heterocycles. The molecular formula is C33H31ClN2O5. The number of benzene rings is 2. The number of fused-ring (bicyclic) bond motifs is 4. The number of halogens is 1. The third-order valence-corrected chi connectivity index (χ3v) is 9.66. The van der Waals surface area contributed by atoms with Gasteiger partial charge in [0.05, 0.1) is 5.02 Å². The standard InChI is InChI=1S/C33H31ClN2O5/c1-19-12-21-14-20(2)32(24(13-19)15-21)33(38-3,41-40-32)28-11-9-22(31(37)30(28)34)8-10-25-16-27(23(17-35)18-36)26-6-4-5-7-29(26)39-25/h4-11,16,19-21,24,37H,12-15H2,1-3H3/b10-8+. The number of rotatable bonds is 4. The summed E-state index contributed by atoms with van der Waals surface area (Å²) in [6.45, 7) is 4.49. The van der Waals surface area contributed by atoms with Gasteiger partial charge in [-0.1, -0.05) is 55.8 Å². The molecule has 1 saturated heterocycles. The van der Waals surface area contributed by atoms with E-state index in [0.29, 0.717) is 45.6 Å². The zero-order chi connectivity index (χ0) is 28.9. The van der Waals surface area contributed by atoms with Crippen molar-refractivity contribution in [3.05, 3.63) is 81.6 Å². The molecule has 7 nitrogen and oxygen atoms in total. The highest BCUT2D eigenvalue weighted by Gasteiger charge is 2.74. The van der Waals surface area contributed by atoms with Crippen LogP contribution >= 0.6 is 11.6 Å². The van der Waals surface area contributed by atoms with Gasteiger partial charge in [-0.05, 0) is 73.6 Å². The highest BCUT2D eigenvalue weighted by molar-refractivity contribution is 6.33. The number of aromatic hydroxyl groups is 1. The minimum Gasteiger partial charge on any atom is -0.506 e. The summed E-state index contributed by atoms with van der Waals surface area (Å²) in [5, 5.41) is 30.3. The van der Waals surface area contributed by atoms with Gasteiger partial charge in [0.1, 0.15) is 35.0 Å². The number of nitriles is 2. The molecule has 0 radical (unpaired) electrons. The Morgan fingerprint density at radius 2 is 1.83 bits per heavy atom. The van der Waals surface area contributed by atoms with Gasteiger partial charge in [0, 0.05) is 29.4 Å². The Bertz CT molecular complexity index is 1560. The van der Waals surface area contributed by atoms with Gasteiger partial charge in [-0.2, -0.15) is 15.4 Å². The molecule has 2 aromatic rings. The van der Waals surface area contributed by atoms with Gasteiger partial charge >= 0.3 is 0 Å². The molecule has 6 atom stereocenters. The highest BCUT2D eigenvalue weighted by atomic mass is 35.5. The van der Waals surface area contributed by atoms with Gasteiger partial charge in [0.2, 0.25) is 0 Å². The molecule has 210 valence electrons. The first-order chi connectivity index (χ1) is 19.8. The van der Waals surface area contributed by atoms with Crippen molar-refractivity contribution in [1.29, 1.82) is 10.5 Å². The molecule has 0 amide bonds. The Labute approximate surface area is 244 Å². The fourth-order valence-electron chi connectivity index (χ4n) is 7.61. The quantitative estimate of drug-likeness (QED) is 0.301. The largest absolute Gasteiger partial charge is 0.506 e. The maximum atomic E-state index is 11.2. The number of hydrogen-bond acceptors (Lipinski definition) is 7. The number of nitrogens with zero attached hydrogens (tertiary/aromatic N) is 2. The lowest BCUT2D eigenvalue weighted by molar-refractivity contribution is -0.641. The van der Waals surface area contributed by atoms with Crippen LogP contribution in [0.1, 0.15) is 56.2 Å². The van der Waals surface area contributed by atoms with Crippen molar-refractivity contribution >= 4 is 23.3 Å². The van der Waals surface area contributed by atoms with Crippen molar-refractivity contribution in [3.63, 3.8) is 0 Å². The van der Waals surface area contributed by atoms with E-state index < -0.39 is 11.4 Å². The second-order valence-corrected chi connectivity index (χ2v) is 12.0. The minimum absolute atomic E-state index is 0.0148. The lowest BCUT2D eigenvalue weighted by Crippen LogP contribution is -2.74. The molecular weight excluding hydrogens is 540 g/mol. The first kappa shape index (κ1) is 27.6. The maximum absolute atomic E-state index is 11.2. The molecule has 41 heavy (non-hydrogen) atoms. The van der Waals surface area contributed by atoms with Crippen LogP contribution in [0.2, 0.25) is 5.02 Å². The van der Waals surface area contributed by atoms with Crippen LogP contribution in [0.25, 0.3) is 11.6 Å². The molecule has 2 saturated carbocycles. The van der Waals surface area contributed by atoms with Crippen LogP contribution in [0.5, 0.6) is 11.5 Å². The van der Waals surface area contributed by atoms with E-state index in [1.807, 2.05) is 30.3 Å². The Morgan fingerprint density at radius 3 is 2.54 bits per heavy atom. The van der Waals surface area contributed by atoms with E-state index in [9.17, 15) is 15.6 Å². The van der Waals surface area contributed by atoms with Gasteiger partial charge in [0.25, 0.3) is 5.79 Å². The molecule has 2 aliphatic carbocycles. The summed E-state index contributed by atoms with van der Waals surface area (Å²) in [6, 6.07) is 14.7. The Kier molecular flexibility index (Phi) is 6.96.